The van der Waals surface area contributed by atoms with Crippen LogP contribution in [0.1, 0.15) is 25.6 Å². The molecule has 100 valence electrons. The fraction of sp³-hybridized carbons (Fsp3) is 0.231. The van der Waals surface area contributed by atoms with Gasteiger partial charge in [0.1, 0.15) is 17.4 Å². The number of nitrogens with two attached hydrogens (primary N) is 1. The van der Waals surface area contributed by atoms with Gasteiger partial charge in [-0.15, -0.1) is 0 Å². The number of halogens is 1. The molecule has 1 heterocycles. The van der Waals surface area contributed by atoms with Crippen LogP contribution in [-0.4, -0.2) is 9.97 Å². The highest BCUT2D eigenvalue weighted by Gasteiger charge is 2.10. The fourth-order valence-electron chi connectivity index (χ4n) is 1.47. The summed E-state index contributed by atoms with van der Waals surface area (Å²) in [4.78, 5) is 8.67. The van der Waals surface area contributed by atoms with Crippen molar-refractivity contribution in [3.8, 4) is 11.6 Å². The summed E-state index contributed by atoms with van der Waals surface area (Å²) in [5.41, 5.74) is 2.53. The zero-order valence-corrected chi connectivity index (χ0v) is 12.9. The first-order valence-electron chi connectivity index (χ1n) is 5.88. The van der Waals surface area contributed by atoms with Gasteiger partial charge in [-0.3, -0.25) is 0 Å². The van der Waals surface area contributed by atoms with Crippen LogP contribution in [0.25, 0.3) is 0 Å². The summed E-state index contributed by atoms with van der Waals surface area (Å²) >= 11 is 2.22. The maximum absolute atomic E-state index is 5.79. The Morgan fingerprint density at radius 1 is 1.26 bits per heavy atom. The molecule has 1 aromatic heterocycles. The Labute approximate surface area is 125 Å². The summed E-state index contributed by atoms with van der Waals surface area (Å²) < 4.78 is 6.81. The van der Waals surface area contributed by atoms with Gasteiger partial charge in [-0.2, -0.15) is 4.98 Å². The van der Waals surface area contributed by atoms with Crippen LogP contribution in [0.15, 0.2) is 30.3 Å². The van der Waals surface area contributed by atoms with E-state index in [4.69, 9.17) is 10.6 Å². The highest BCUT2D eigenvalue weighted by atomic mass is 127. The molecule has 2 aromatic rings. The molecule has 0 fully saturated rings. The van der Waals surface area contributed by atoms with Crippen molar-refractivity contribution in [2.45, 2.75) is 19.8 Å². The molecule has 0 saturated heterocycles. The molecule has 0 aliphatic carbocycles. The van der Waals surface area contributed by atoms with Crippen molar-refractivity contribution >= 4 is 28.4 Å². The first kappa shape index (κ1) is 14.0. The van der Waals surface area contributed by atoms with E-state index in [0.29, 0.717) is 17.5 Å². The van der Waals surface area contributed by atoms with Gasteiger partial charge in [-0.1, -0.05) is 26.0 Å². The second-order valence-corrected chi connectivity index (χ2v) is 5.44. The van der Waals surface area contributed by atoms with Crippen LogP contribution in [0.2, 0.25) is 0 Å². The number of benzene rings is 1. The quantitative estimate of drug-likeness (QED) is 0.491. The summed E-state index contributed by atoms with van der Waals surface area (Å²) in [6.07, 6.45) is 0. The number of anilines is 1. The number of hydrogen-bond acceptors (Lipinski definition) is 5. The topological polar surface area (TPSA) is 73.1 Å². The second-order valence-electron chi connectivity index (χ2n) is 4.28. The van der Waals surface area contributed by atoms with Crippen LogP contribution in [0.5, 0.6) is 11.6 Å². The summed E-state index contributed by atoms with van der Waals surface area (Å²) in [6, 6.07) is 9.43. The number of nitrogen functional groups attached to an aromatic ring is 1. The minimum absolute atomic E-state index is 0.200. The number of nitrogens with one attached hydrogen (secondary N) is 1. The largest absolute Gasteiger partial charge is 0.438 e. The van der Waals surface area contributed by atoms with Gasteiger partial charge in [-0.05, 0) is 34.7 Å². The van der Waals surface area contributed by atoms with Crippen LogP contribution >= 0.6 is 22.6 Å². The van der Waals surface area contributed by atoms with Crippen molar-refractivity contribution < 1.29 is 4.74 Å². The fourth-order valence-corrected chi connectivity index (χ4v) is 1.96. The third-order valence-corrected chi connectivity index (χ3v) is 3.33. The maximum Gasteiger partial charge on any atom is 0.224 e. The van der Waals surface area contributed by atoms with E-state index in [1.54, 1.807) is 6.07 Å². The second kappa shape index (κ2) is 6.16. The van der Waals surface area contributed by atoms with Crippen molar-refractivity contribution in [1.82, 2.24) is 9.97 Å². The van der Waals surface area contributed by atoms with Crippen LogP contribution < -0.4 is 16.0 Å². The molecule has 0 aliphatic heterocycles. The van der Waals surface area contributed by atoms with Crippen molar-refractivity contribution in [2.75, 3.05) is 5.43 Å². The number of hydrazine groups is 1. The van der Waals surface area contributed by atoms with Crippen LogP contribution in [0.3, 0.4) is 0 Å². The Morgan fingerprint density at radius 3 is 2.63 bits per heavy atom. The molecule has 6 heteroatoms. The molecular formula is C13H15IN4O. The van der Waals surface area contributed by atoms with Crippen LogP contribution in [0.4, 0.5) is 5.82 Å². The lowest BCUT2D eigenvalue weighted by Gasteiger charge is -2.11. The summed E-state index contributed by atoms with van der Waals surface area (Å²) in [6.45, 7) is 4.04. The predicted molar refractivity (Wildman–Crippen MR) is 83.2 cm³/mol. The molecule has 2 rings (SSSR count). The Bertz CT molecular complexity index is 574. The number of ether oxygens (including phenoxy) is 1. The van der Waals surface area contributed by atoms with E-state index >= 15 is 0 Å². The molecule has 0 unspecified atom stereocenters. The predicted octanol–water partition coefficient (Wildman–Crippen LogP) is 3.28. The molecule has 0 amide bonds. The minimum Gasteiger partial charge on any atom is -0.438 e. The van der Waals surface area contributed by atoms with Gasteiger partial charge >= 0.3 is 0 Å². The standard InChI is InChI=1S/C13H15IN4O/c1-8(2)13-16-11(18-15)7-12(17-13)19-10-6-4-3-5-9(10)14/h3-8H,15H2,1-2H3,(H,16,17,18). The van der Waals surface area contributed by atoms with Gasteiger partial charge in [0, 0.05) is 12.0 Å². The van der Waals surface area contributed by atoms with E-state index in [1.807, 2.05) is 38.1 Å². The first-order chi connectivity index (χ1) is 9.10. The van der Waals surface area contributed by atoms with Gasteiger partial charge in [0.05, 0.1) is 3.57 Å². The number of hydrogen-bond donors (Lipinski definition) is 2. The normalized spacial score (nSPS) is 10.6. The highest BCUT2D eigenvalue weighted by Crippen LogP contribution is 2.27. The van der Waals surface area contributed by atoms with Gasteiger partial charge in [0.25, 0.3) is 0 Å². The van der Waals surface area contributed by atoms with E-state index in [9.17, 15) is 0 Å². The third kappa shape index (κ3) is 3.54. The van der Waals surface area contributed by atoms with E-state index in [2.05, 4.69) is 38.0 Å². The van der Waals surface area contributed by atoms with E-state index in [-0.39, 0.29) is 5.92 Å². The Morgan fingerprint density at radius 2 is 2.00 bits per heavy atom. The van der Waals surface area contributed by atoms with Gasteiger partial charge in [-0.25, -0.2) is 10.8 Å². The average molecular weight is 370 g/mol. The Kier molecular flexibility index (Phi) is 4.54. The average Bonchev–Trinajstić information content (AvgIpc) is 2.41. The lowest BCUT2D eigenvalue weighted by atomic mass is 10.2. The Balaban J connectivity index is 2.34. The third-order valence-electron chi connectivity index (χ3n) is 2.44. The summed E-state index contributed by atoms with van der Waals surface area (Å²) in [7, 11) is 0. The zero-order chi connectivity index (χ0) is 13.8. The molecule has 19 heavy (non-hydrogen) atoms. The minimum atomic E-state index is 0.200. The zero-order valence-electron chi connectivity index (χ0n) is 10.7. The lowest BCUT2D eigenvalue weighted by Crippen LogP contribution is -2.11. The maximum atomic E-state index is 5.79. The summed E-state index contributed by atoms with van der Waals surface area (Å²) in [5, 5.41) is 0. The van der Waals surface area contributed by atoms with Crippen molar-refractivity contribution in [3.63, 3.8) is 0 Å². The molecule has 0 atom stereocenters. The molecule has 3 N–H and O–H groups in total. The molecule has 0 bridgehead atoms. The molecule has 0 radical (unpaired) electrons. The molecule has 0 spiro atoms. The molecule has 0 aliphatic rings. The first-order valence-corrected chi connectivity index (χ1v) is 6.96. The van der Waals surface area contributed by atoms with Crippen molar-refractivity contribution in [3.05, 3.63) is 39.7 Å². The molecule has 1 aromatic carbocycles. The van der Waals surface area contributed by atoms with Crippen LogP contribution in [0, 0.1) is 3.57 Å². The van der Waals surface area contributed by atoms with Gasteiger partial charge < -0.3 is 10.2 Å². The van der Waals surface area contributed by atoms with E-state index < -0.39 is 0 Å². The van der Waals surface area contributed by atoms with Gasteiger partial charge in [0.15, 0.2) is 0 Å². The number of rotatable bonds is 4. The van der Waals surface area contributed by atoms with Crippen molar-refractivity contribution in [2.24, 2.45) is 5.84 Å². The number of nitrogens with zero attached hydrogens (tertiary/aromatic N) is 2. The number of para-hydroxylation sites is 1. The number of aromatic nitrogens is 2. The molecular weight excluding hydrogens is 355 g/mol. The lowest BCUT2D eigenvalue weighted by molar-refractivity contribution is 0.454. The Hall–Kier alpha value is -1.41. The van der Waals surface area contributed by atoms with Crippen molar-refractivity contribution in [1.29, 1.82) is 0 Å². The SMILES string of the molecule is CC(C)c1nc(NN)cc(Oc2ccccc2I)n1. The van der Waals surface area contributed by atoms with Gasteiger partial charge in [0.2, 0.25) is 5.88 Å². The highest BCUT2D eigenvalue weighted by molar-refractivity contribution is 14.1. The molecule has 0 saturated carbocycles. The monoisotopic (exact) mass is 370 g/mol. The smallest absolute Gasteiger partial charge is 0.224 e. The van der Waals surface area contributed by atoms with E-state index in [1.165, 1.54) is 0 Å². The summed E-state index contributed by atoms with van der Waals surface area (Å²) in [5.74, 6) is 8.09. The van der Waals surface area contributed by atoms with E-state index in [0.717, 1.165) is 9.32 Å². The molecule has 5 nitrogen and oxygen atoms in total. The van der Waals surface area contributed by atoms with Crippen LogP contribution in [-0.2, 0) is 0 Å².